The minimum Gasteiger partial charge on any atom is -0.504 e. The SMILES string of the molecule is CC(N)Cc1cc(F)c(O)c(C#N)c1. The fraction of sp³-hybridized carbons (Fsp3) is 0.300. The van der Waals surface area contributed by atoms with Crippen molar-refractivity contribution in [2.24, 2.45) is 5.73 Å². The lowest BCUT2D eigenvalue weighted by atomic mass is 10.0. The van der Waals surface area contributed by atoms with Gasteiger partial charge < -0.3 is 10.8 Å². The summed E-state index contributed by atoms with van der Waals surface area (Å²) in [5, 5.41) is 17.7. The number of nitriles is 1. The normalized spacial score (nSPS) is 12.1. The van der Waals surface area contributed by atoms with Gasteiger partial charge in [-0.15, -0.1) is 0 Å². The monoisotopic (exact) mass is 194 g/mol. The maximum Gasteiger partial charge on any atom is 0.169 e. The van der Waals surface area contributed by atoms with Crippen LogP contribution < -0.4 is 5.73 Å². The van der Waals surface area contributed by atoms with E-state index in [2.05, 4.69) is 0 Å². The van der Waals surface area contributed by atoms with Crippen LogP contribution in [-0.2, 0) is 6.42 Å². The predicted octanol–water partition coefficient (Wildman–Crippen LogP) is 1.29. The number of hydrogen-bond acceptors (Lipinski definition) is 3. The van der Waals surface area contributed by atoms with Gasteiger partial charge in [-0.05, 0) is 31.0 Å². The van der Waals surface area contributed by atoms with Crippen LogP contribution in [0.15, 0.2) is 12.1 Å². The van der Waals surface area contributed by atoms with Crippen molar-refractivity contribution in [1.82, 2.24) is 0 Å². The van der Waals surface area contributed by atoms with Crippen molar-refractivity contribution in [1.29, 1.82) is 5.26 Å². The van der Waals surface area contributed by atoms with Gasteiger partial charge in [-0.2, -0.15) is 5.26 Å². The zero-order valence-electron chi connectivity index (χ0n) is 7.79. The summed E-state index contributed by atoms with van der Waals surface area (Å²) in [5.41, 5.74) is 6.10. The Balaban J connectivity index is 3.11. The molecule has 0 aliphatic carbocycles. The Hall–Kier alpha value is -1.60. The lowest BCUT2D eigenvalue weighted by Gasteiger charge is -2.06. The zero-order chi connectivity index (χ0) is 10.7. The van der Waals surface area contributed by atoms with Crippen molar-refractivity contribution in [2.45, 2.75) is 19.4 Å². The van der Waals surface area contributed by atoms with Crippen LogP contribution in [0.1, 0.15) is 18.1 Å². The fourth-order valence-electron chi connectivity index (χ4n) is 1.23. The molecule has 0 bridgehead atoms. The average molecular weight is 194 g/mol. The van der Waals surface area contributed by atoms with Crippen LogP contribution in [0.4, 0.5) is 4.39 Å². The first kappa shape index (κ1) is 10.5. The molecule has 3 nitrogen and oxygen atoms in total. The summed E-state index contributed by atoms with van der Waals surface area (Å²) < 4.78 is 13.0. The van der Waals surface area contributed by atoms with E-state index in [0.29, 0.717) is 12.0 Å². The first-order chi connectivity index (χ1) is 6.54. The third-order valence-electron chi connectivity index (χ3n) is 1.80. The number of halogens is 1. The summed E-state index contributed by atoms with van der Waals surface area (Å²) in [6.45, 7) is 1.79. The van der Waals surface area contributed by atoms with Gasteiger partial charge in [0.2, 0.25) is 0 Å². The molecule has 1 rings (SSSR count). The van der Waals surface area contributed by atoms with Crippen LogP contribution in [0.2, 0.25) is 0 Å². The molecule has 0 saturated carbocycles. The summed E-state index contributed by atoms with van der Waals surface area (Å²) in [6, 6.07) is 4.25. The summed E-state index contributed by atoms with van der Waals surface area (Å²) in [6.07, 6.45) is 0.478. The van der Waals surface area contributed by atoms with E-state index in [1.54, 1.807) is 13.0 Å². The molecule has 1 aromatic carbocycles. The summed E-state index contributed by atoms with van der Waals surface area (Å²) in [4.78, 5) is 0. The van der Waals surface area contributed by atoms with Crippen molar-refractivity contribution in [3.63, 3.8) is 0 Å². The van der Waals surface area contributed by atoms with E-state index in [9.17, 15) is 4.39 Å². The molecule has 0 aliphatic heterocycles. The molecule has 1 unspecified atom stereocenters. The topological polar surface area (TPSA) is 70.0 Å². The average Bonchev–Trinajstić information content (AvgIpc) is 2.10. The standard InChI is InChI=1S/C10H11FN2O/c1-6(13)2-7-3-8(5-12)10(14)9(11)4-7/h3-4,6,14H,2,13H2,1H3. The van der Waals surface area contributed by atoms with Gasteiger partial charge in [-0.1, -0.05) is 0 Å². The van der Waals surface area contributed by atoms with Crippen LogP contribution in [0.25, 0.3) is 0 Å². The number of hydrogen-bond donors (Lipinski definition) is 2. The predicted molar refractivity (Wildman–Crippen MR) is 50.1 cm³/mol. The molecule has 0 aromatic heterocycles. The van der Waals surface area contributed by atoms with Gasteiger partial charge in [0.1, 0.15) is 6.07 Å². The highest BCUT2D eigenvalue weighted by molar-refractivity contribution is 5.45. The Kier molecular flexibility index (Phi) is 3.05. The Morgan fingerprint density at radius 1 is 1.64 bits per heavy atom. The molecule has 0 radical (unpaired) electrons. The number of phenolic OH excluding ortho intramolecular Hbond substituents is 1. The summed E-state index contributed by atoms with van der Waals surface area (Å²) in [7, 11) is 0. The lowest BCUT2D eigenvalue weighted by molar-refractivity contribution is 0.430. The molecule has 0 heterocycles. The van der Waals surface area contributed by atoms with Gasteiger partial charge in [-0.25, -0.2) is 4.39 Å². The molecule has 74 valence electrons. The smallest absolute Gasteiger partial charge is 0.169 e. The maximum absolute atomic E-state index is 13.0. The first-order valence-corrected chi connectivity index (χ1v) is 4.21. The van der Waals surface area contributed by atoms with Crippen LogP contribution >= 0.6 is 0 Å². The molecular formula is C10H11FN2O. The Bertz CT molecular complexity index is 382. The first-order valence-electron chi connectivity index (χ1n) is 4.21. The summed E-state index contributed by atoms with van der Waals surface area (Å²) in [5.74, 6) is -1.37. The van der Waals surface area contributed by atoms with Gasteiger partial charge in [0.05, 0.1) is 5.56 Å². The van der Waals surface area contributed by atoms with E-state index >= 15 is 0 Å². The Morgan fingerprint density at radius 2 is 2.29 bits per heavy atom. The van der Waals surface area contributed by atoms with Crippen molar-refractivity contribution in [3.8, 4) is 11.8 Å². The van der Waals surface area contributed by atoms with E-state index < -0.39 is 11.6 Å². The van der Waals surface area contributed by atoms with Crippen LogP contribution in [0, 0.1) is 17.1 Å². The fourth-order valence-corrected chi connectivity index (χ4v) is 1.23. The van der Waals surface area contributed by atoms with Crippen molar-refractivity contribution >= 4 is 0 Å². The largest absolute Gasteiger partial charge is 0.504 e. The van der Waals surface area contributed by atoms with E-state index in [-0.39, 0.29) is 11.6 Å². The van der Waals surface area contributed by atoms with E-state index in [1.807, 2.05) is 0 Å². The molecule has 1 atom stereocenters. The second-order valence-corrected chi connectivity index (χ2v) is 3.27. The van der Waals surface area contributed by atoms with Crippen LogP contribution in [0.3, 0.4) is 0 Å². The molecule has 0 spiro atoms. The maximum atomic E-state index is 13.0. The summed E-state index contributed by atoms with van der Waals surface area (Å²) >= 11 is 0. The van der Waals surface area contributed by atoms with Crippen molar-refractivity contribution in [3.05, 3.63) is 29.1 Å². The number of rotatable bonds is 2. The van der Waals surface area contributed by atoms with Gasteiger partial charge in [-0.3, -0.25) is 0 Å². The molecule has 1 aromatic rings. The molecule has 0 amide bonds. The lowest BCUT2D eigenvalue weighted by Crippen LogP contribution is -2.17. The molecule has 14 heavy (non-hydrogen) atoms. The Labute approximate surface area is 81.6 Å². The highest BCUT2D eigenvalue weighted by Crippen LogP contribution is 2.22. The third kappa shape index (κ3) is 2.21. The number of aromatic hydroxyl groups is 1. The highest BCUT2D eigenvalue weighted by atomic mass is 19.1. The molecule has 4 heteroatoms. The van der Waals surface area contributed by atoms with Crippen molar-refractivity contribution < 1.29 is 9.50 Å². The van der Waals surface area contributed by atoms with E-state index in [4.69, 9.17) is 16.1 Å². The second-order valence-electron chi connectivity index (χ2n) is 3.27. The van der Waals surface area contributed by atoms with E-state index in [1.165, 1.54) is 12.1 Å². The van der Waals surface area contributed by atoms with Gasteiger partial charge >= 0.3 is 0 Å². The second kappa shape index (κ2) is 4.07. The van der Waals surface area contributed by atoms with Crippen LogP contribution in [-0.4, -0.2) is 11.1 Å². The van der Waals surface area contributed by atoms with Gasteiger partial charge in [0.15, 0.2) is 11.6 Å². The van der Waals surface area contributed by atoms with E-state index in [0.717, 1.165) is 0 Å². The minimum atomic E-state index is -0.778. The Morgan fingerprint density at radius 3 is 2.79 bits per heavy atom. The number of phenols is 1. The molecular weight excluding hydrogens is 183 g/mol. The third-order valence-corrected chi connectivity index (χ3v) is 1.80. The number of benzene rings is 1. The van der Waals surface area contributed by atoms with Crippen LogP contribution in [0.5, 0.6) is 5.75 Å². The zero-order valence-corrected chi connectivity index (χ0v) is 7.79. The highest BCUT2D eigenvalue weighted by Gasteiger charge is 2.10. The molecule has 0 aliphatic rings. The molecule has 0 fully saturated rings. The van der Waals surface area contributed by atoms with Crippen molar-refractivity contribution in [2.75, 3.05) is 0 Å². The molecule has 3 N–H and O–H groups in total. The van der Waals surface area contributed by atoms with Gasteiger partial charge in [0, 0.05) is 6.04 Å². The number of nitrogens with two attached hydrogens (primary N) is 1. The van der Waals surface area contributed by atoms with Gasteiger partial charge in [0.25, 0.3) is 0 Å². The minimum absolute atomic E-state index is 0.0550. The quantitative estimate of drug-likeness (QED) is 0.745. The molecule has 0 saturated heterocycles. The number of nitrogens with zero attached hydrogens (tertiary/aromatic N) is 1.